The third-order valence-electron chi connectivity index (χ3n) is 6.74. The van der Waals surface area contributed by atoms with Gasteiger partial charge in [-0.25, -0.2) is 4.79 Å². The minimum absolute atomic E-state index is 0.118. The van der Waals surface area contributed by atoms with E-state index in [-0.39, 0.29) is 5.78 Å². The maximum absolute atomic E-state index is 13.1. The molecule has 0 aromatic heterocycles. The molecule has 4 rings (SSSR count). The maximum Gasteiger partial charge on any atom is 0.343 e. The van der Waals surface area contributed by atoms with Crippen LogP contribution in [0.3, 0.4) is 0 Å². The maximum atomic E-state index is 13.1. The Hall–Kier alpha value is -2.69. The van der Waals surface area contributed by atoms with Crippen LogP contribution < -0.4 is 9.47 Å². The molecule has 3 aromatic carbocycles. The van der Waals surface area contributed by atoms with Crippen molar-refractivity contribution in [2.45, 2.75) is 58.3 Å². The van der Waals surface area contributed by atoms with Gasteiger partial charge in [-0.15, -0.1) is 0 Å². The van der Waals surface area contributed by atoms with Gasteiger partial charge in [0.25, 0.3) is 0 Å². The van der Waals surface area contributed by atoms with Crippen LogP contribution in [0.5, 0.6) is 11.5 Å². The van der Waals surface area contributed by atoms with Gasteiger partial charge < -0.3 is 25.9 Å². The molecule has 0 unspecified atom stereocenters. The van der Waals surface area contributed by atoms with Crippen molar-refractivity contribution < 1.29 is 35.5 Å². The number of methoxy groups -OCH3 is 1. The van der Waals surface area contributed by atoms with E-state index in [9.17, 15) is 9.59 Å². The van der Waals surface area contributed by atoms with E-state index in [1.54, 1.807) is 37.4 Å². The highest BCUT2D eigenvalue weighted by Crippen LogP contribution is 2.36. The lowest BCUT2D eigenvalue weighted by Crippen LogP contribution is -2.67. The van der Waals surface area contributed by atoms with Crippen LogP contribution in [-0.4, -0.2) is 53.1 Å². The Morgan fingerprint density at radius 2 is 1.10 bits per heavy atom. The van der Waals surface area contributed by atoms with Crippen LogP contribution in [0.2, 0.25) is 39.3 Å². The van der Waals surface area contributed by atoms with Crippen molar-refractivity contribution in [3.05, 3.63) is 95.1 Å². The number of para-hydroxylation sites is 2. The highest BCUT2D eigenvalue weighted by Gasteiger charge is 2.54. The van der Waals surface area contributed by atoms with Gasteiger partial charge in [0.2, 0.25) is 0 Å². The van der Waals surface area contributed by atoms with E-state index in [4.69, 9.17) is 25.9 Å². The first-order valence-electron chi connectivity index (χ1n) is 14.0. The summed E-state index contributed by atoms with van der Waals surface area (Å²) in [5.74, 6) is 0.577. The topological polar surface area (TPSA) is 89.5 Å². The summed E-state index contributed by atoms with van der Waals surface area (Å²) in [4.78, 5) is 24.9. The fraction of sp³-hybridized carbons (Fsp3) is 0.333. The van der Waals surface area contributed by atoms with Crippen LogP contribution in [0.4, 0.5) is 0 Å². The molecular formula is C30H40O8Si4. The quantitative estimate of drug-likeness (QED) is 0.118. The molecule has 0 spiro atoms. The summed E-state index contributed by atoms with van der Waals surface area (Å²) in [5, 5.41) is 0. The number of ether oxygens (including phenoxy) is 2. The summed E-state index contributed by atoms with van der Waals surface area (Å²) < 4.78 is 39.0. The Bertz CT molecular complexity index is 1440. The second kappa shape index (κ2) is 12.5. The van der Waals surface area contributed by atoms with Gasteiger partial charge in [-0.05, 0) is 81.6 Å². The normalized spacial score (nSPS) is 23.3. The first kappa shape index (κ1) is 32.2. The van der Waals surface area contributed by atoms with Crippen LogP contribution in [0, 0.1) is 0 Å². The number of benzene rings is 3. The zero-order valence-corrected chi connectivity index (χ0v) is 29.6. The monoisotopic (exact) mass is 640 g/mol. The van der Waals surface area contributed by atoms with Gasteiger partial charge in [0.1, 0.15) is 11.5 Å². The molecule has 1 heterocycles. The van der Waals surface area contributed by atoms with Gasteiger partial charge in [-0.2, -0.15) is 0 Å². The first-order chi connectivity index (χ1) is 19.6. The zero-order chi connectivity index (χ0) is 30.8. The number of hydrogen-bond donors (Lipinski definition) is 0. The average Bonchev–Trinajstić information content (AvgIpc) is 2.87. The number of carbonyl (C=O) groups excluding carboxylic acids is 2. The Morgan fingerprint density at radius 1 is 0.643 bits per heavy atom. The second-order valence-electron chi connectivity index (χ2n) is 11.8. The van der Waals surface area contributed by atoms with E-state index < -0.39 is 40.2 Å². The standard InChI is InChI=1S/C30H40O8Si4/c1-23(31)24-16-13-17-25(20-24)30(32)34-29-19-12-10-15-27(29)22-42(8)37-39(3,4)35-41(7,36-40(5,6)38-42)21-26-14-9-11-18-28(26)33-2/h9-20H,21-22H2,1-8H3. The molecule has 12 heteroatoms. The molecule has 1 aliphatic heterocycles. The lowest BCUT2D eigenvalue weighted by Gasteiger charge is -2.48. The second-order valence-corrected chi connectivity index (χ2v) is 25.9. The van der Waals surface area contributed by atoms with Crippen molar-refractivity contribution in [2.24, 2.45) is 0 Å². The van der Waals surface area contributed by atoms with Crippen LogP contribution in [0.25, 0.3) is 0 Å². The van der Waals surface area contributed by atoms with E-state index in [1.165, 1.54) is 6.92 Å². The van der Waals surface area contributed by atoms with Crippen molar-refractivity contribution in [1.82, 2.24) is 0 Å². The first-order valence-corrected chi connectivity index (χ1v) is 24.6. The summed E-state index contributed by atoms with van der Waals surface area (Å²) in [6.07, 6.45) is 0. The van der Waals surface area contributed by atoms with E-state index in [2.05, 4.69) is 6.55 Å². The SMILES string of the molecule is COc1ccccc1C[Si]1(C)O[Si](C)(C)O[Si](C)(Cc2ccccc2OC(=O)c2cccc(C(C)=O)c2)O[Si](C)(C)O1. The molecule has 0 atom stereocenters. The van der Waals surface area contributed by atoms with Crippen molar-refractivity contribution in [1.29, 1.82) is 0 Å². The third-order valence-corrected chi connectivity index (χ3v) is 23.6. The molecule has 0 N–H and O–H groups in total. The Labute approximate surface area is 252 Å². The van der Waals surface area contributed by atoms with Gasteiger partial charge in [-0.1, -0.05) is 48.5 Å². The minimum Gasteiger partial charge on any atom is -0.496 e. The van der Waals surface area contributed by atoms with Crippen LogP contribution >= 0.6 is 0 Å². The van der Waals surface area contributed by atoms with E-state index in [0.717, 1.165) is 16.9 Å². The van der Waals surface area contributed by atoms with Gasteiger partial charge in [0.05, 0.1) is 12.7 Å². The molecule has 8 nitrogen and oxygen atoms in total. The fourth-order valence-corrected chi connectivity index (χ4v) is 27.5. The minimum atomic E-state index is -2.95. The van der Waals surface area contributed by atoms with Crippen LogP contribution in [-0.2, 0) is 28.5 Å². The van der Waals surface area contributed by atoms with Gasteiger partial charge >= 0.3 is 40.2 Å². The van der Waals surface area contributed by atoms with Crippen molar-refractivity contribution in [3.8, 4) is 11.5 Å². The molecule has 0 saturated carbocycles. The molecule has 0 bridgehead atoms. The van der Waals surface area contributed by atoms with Crippen molar-refractivity contribution in [2.75, 3.05) is 7.11 Å². The molecule has 0 radical (unpaired) electrons. The number of carbonyl (C=O) groups is 2. The molecule has 1 saturated heterocycles. The fourth-order valence-electron chi connectivity index (χ4n) is 5.62. The molecule has 42 heavy (non-hydrogen) atoms. The number of rotatable bonds is 8. The molecular weight excluding hydrogens is 601 g/mol. The average molecular weight is 641 g/mol. The molecule has 0 aliphatic carbocycles. The van der Waals surface area contributed by atoms with E-state index in [0.29, 0.717) is 29.0 Å². The third kappa shape index (κ3) is 8.23. The number of hydrogen-bond acceptors (Lipinski definition) is 8. The summed E-state index contributed by atoms with van der Waals surface area (Å²) >= 11 is 0. The predicted molar refractivity (Wildman–Crippen MR) is 171 cm³/mol. The Kier molecular flexibility index (Phi) is 9.59. The number of Topliss-reactive ketones (excluding diaryl/α,β-unsaturated/α-hetero) is 1. The molecule has 224 valence electrons. The lowest BCUT2D eigenvalue weighted by molar-refractivity contribution is 0.0732. The molecule has 0 amide bonds. The summed E-state index contributed by atoms with van der Waals surface area (Å²) in [7, 11) is -9.57. The summed E-state index contributed by atoms with van der Waals surface area (Å²) in [6.45, 7) is 13.7. The smallest absolute Gasteiger partial charge is 0.343 e. The molecule has 1 aliphatic rings. The Balaban J connectivity index is 1.58. The van der Waals surface area contributed by atoms with Crippen LogP contribution in [0.1, 0.15) is 38.8 Å². The predicted octanol–water partition coefficient (Wildman–Crippen LogP) is 6.61. The van der Waals surface area contributed by atoms with Gasteiger partial charge in [0.15, 0.2) is 5.78 Å². The summed E-state index contributed by atoms with van der Waals surface area (Å²) in [5.41, 5.74) is 2.60. The number of ketones is 1. The lowest BCUT2D eigenvalue weighted by atomic mass is 10.1. The van der Waals surface area contributed by atoms with Crippen molar-refractivity contribution >= 4 is 46.0 Å². The molecule has 1 fully saturated rings. The Morgan fingerprint density at radius 3 is 1.60 bits per heavy atom. The van der Waals surface area contributed by atoms with Crippen LogP contribution in [0.15, 0.2) is 72.8 Å². The van der Waals surface area contributed by atoms with E-state index in [1.807, 2.05) is 75.2 Å². The highest BCUT2D eigenvalue weighted by atomic mass is 28.5. The van der Waals surface area contributed by atoms with Gasteiger partial charge in [0, 0.05) is 17.7 Å². The number of esters is 1. The zero-order valence-electron chi connectivity index (χ0n) is 25.6. The van der Waals surface area contributed by atoms with Crippen molar-refractivity contribution in [3.63, 3.8) is 0 Å². The highest BCUT2D eigenvalue weighted by molar-refractivity contribution is 6.93. The summed E-state index contributed by atoms with van der Waals surface area (Å²) in [6, 6.07) is 22.9. The molecule has 3 aromatic rings. The van der Waals surface area contributed by atoms with E-state index >= 15 is 0 Å². The van der Waals surface area contributed by atoms with Gasteiger partial charge in [-0.3, -0.25) is 4.79 Å². The largest absolute Gasteiger partial charge is 0.496 e.